The van der Waals surface area contributed by atoms with Gasteiger partial charge < -0.3 is 0 Å². The summed E-state index contributed by atoms with van der Waals surface area (Å²) in [6.45, 7) is 3.62. The number of hydrogen-bond acceptors (Lipinski definition) is 2. The number of rotatable bonds is 2. The molecular weight excluding hydrogens is 178 g/mol. The topological polar surface area (TPSA) is 50.7 Å². The quantitative estimate of drug-likeness (QED) is 0.761. The molecule has 14 heavy (non-hydrogen) atoms. The molecule has 1 aliphatic rings. The molecule has 2 rings (SSSR count). The number of hydrogen-bond donors (Lipinski definition) is 1. The lowest BCUT2D eigenvalue weighted by Gasteiger charge is -2.14. The number of nitrogens with zero attached hydrogens (tertiary/aromatic N) is 2. The predicted octanol–water partition coefficient (Wildman–Crippen LogP) is 1.27. The number of H-pyrrole nitrogens is 1. The molecule has 0 bridgehead atoms. The first-order valence-electron chi connectivity index (χ1n) is 4.45. The first kappa shape index (κ1) is 8.74. The van der Waals surface area contributed by atoms with Crippen LogP contribution in [0.15, 0.2) is 35.7 Å². The van der Waals surface area contributed by atoms with E-state index in [2.05, 4.69) is 16.8 Å². The summed E-state index contributed by atoms with van der Waals surface area (Å²) in [5.41, 5.74) is -0.190. The van der Waals surface area contributed by atoms with Crippen molar-refractivity contribution in [1.82, 2.24) is 14.8 Å². The largest absolute Gasteiger partial charge is 0.344 e. The van der Waals surface area contributed by atoms with Gasteiger partial charge in [-0.05, 0) is 12.5 Å². The fourth-order valence-corrected chi connectivity index (χ4v) is 1.54. The lowest BCUT2D eigenvalue weighted by molar-refractivity contribution is 0.583. The van der Waals surface area contributed by atoms with Crippen LogP contribution in [0.5, 0.6) is 0 Å². The van der Waals surface area contributed by atoms with E-state index in [1.165, 1.54) is 0 Å². The van der Waals surface area contributed by atoms with Crippen LogP contribution in [0.3, 0.4) is 0 Å². The van der Waals surface area contributed by atoms with E-state index >= 15 is 0 Å². The maximum Gasteiger partial charge on any atom is 0.344 e. The third kappa shape index (κ3) is 1.35. The van der Waals surface area contributed by atoms with Gasteiger partial charge in [0.1, 0.15) is 0 Å². The molecule has 1 N–H and O–H groups in total. The first-order chi connectivity index (χ1) is 6.83. The number of aromatic nitrogens is 3. The Balaban J connectivity index is 2.44. The average Bonchev–Trinajstić information content (AvgIpc) is 2.61. The Morgan fingerprint density at radius 3 is 3.14 bits per heavy atom. The summed E-state index contributed by atoms with van der Waals surface area (Å²) in [6, 6.07) is 0.0549. The van der Waals surface area contributed by atoms with Crippen molar-refractivity contribution in [3.63, 3.8) is 0 Å². The van der Waals surface area contributed by atoms with E-state index in [9.17, 15) is 4.79 Å². The SMILES string of the molecule is C=Cc1n[nH]c(=O)n1C1C=CC=CC1. The second kappa shape index (κ2) is 3.49. The van der Waals surface area contributed by atoms with Crippen LogP contribution in [-0.4, -0.2) is 14.8 Å². The summed E-state index contributed by atoms with van der Waals surface area (Å²) in [5.74, 6) is 0.583. The standard InChI is InChI=1S/C10H11N3O/c1-2-9-11-12-10(14)13(9)8-6-4-3-5-7-8/h2-6,8H,1,7H2,(H,12,14). The third-order valence-corrected chi connectivity index (χ3v) is 2.20. The van der Waals surface area contributed by atoms with Crippen LogP contribution in [0.4, 0.5) is 0 Å². The summed E-state index contributed by atoms with van der Waals surface area (Å²) >= 11 is 0. The highest BCUT2D eigenvalue weighted by Gasteiger charge is 2.14. The van der Waals surface area contributed by atoms with Crippen molar-refractivity contribution in [2.45, 2.75) is 12.5 Å². The van der Waals surface area contributed by atoms with Crippen molar-refractivity contribution in [3.8, 4) is 0 Å². The van der Waals surface area contributed by atoms with Gasteiger partial charge in [-0.2, -0.15) is 5.10 Å². The van der Waals surface area contributed by atoms with Crippen LogP contribution in [0.25, 0.3) is 6.08 Å². The Kier molecular flexibility index (Phi) is 2.18. The number of allylic oxidation sites excluding steroid dienone is 4. The molecule has 1 aromatic rings. The van der Waals surface area contributed by atoms with E-state index in [1.54, 1.807) is 10.6 Å². The minimum Gasteiger partial charge on any atom is -0.268 e. The van der Waals surface area contributed by atoms with Gasteiger partial charge in [0.25, 0.3) is 0 Å². The molecule has 72 valence electrons. The molecule has 0 aliphatic heterocycles. The summed E-state index contributed by atoms with van der Waals surface area (Å²) < 4.78 is 1.60. The maximum atomic E-state index is 11.4. The summed E-state index contributed by atoms with van der Waals surface area (Å²) in [5, 5.41) is 6.27. The van der Waals surface area contributed by atoms with Crippen LogP contribution in [-0.2, 0) is 0 Å². The number of aromatic amines is 1. The van der Waals surface area contributed by atoms with E-state index in [0.717, 1.165) is 6.42 Å². The van der Waals surface area contributed by atoms with Crippen LogP contribution < -0.4 is 5.69 Å². The highest BCUT2D eigenvalue weighted by Crippen LogP contribution is 2.17. The highest BCUT2D eigenvalue weighted by atomic mass is 16.1. The van der Waals surface area contributed by atoms with Gasteiger partial charge in [-0.3, -0.25) is 4.57 Å². The fourth-order valence-electron chi connectivity index (χ4n) is 1.54. The highest BCUT2D eigenvalue weighted by molar-refractivity contribution is 5.36. The minimum atomic E-state index is -0.190. The van der Waals surface area contributed by atoms with Gasteiger partial charge >= 0.3 is 5.69 Å². The molecule has 0 saturated heterocycles. The van der Waals surface area contributed by atoms with Crippen LogP contribution >= 0.6 is 0 Å². The summed E-state index contributed by atoms with van der Waals surface area (Å²) in [4.78, 5) is 11.4. The first-order valence-corrected chi connectivity index (χ1v) is 4.45. The van der Waals surface area contributed by atoms with Gasteiger partial charge in [0, 0.05) is 0 Å². The van der Waals surface area contributed by atoms with Crippen molar-refractivity contribution in [2.24, 2.45) is 0 Å². The molecule has 0 fully saturated rings. The maximum absolute atomic E-state index is 11.4. The van der Waals surface area contributed by atoms with Gasteiger partial charge in [0.2, 0.25) is 0 Å². The van der Waals surface area contributed by atoms with Crippen molar-refractivity contribution in [3.05, 3.63) is 47.2 Å². The Morgan fingerprint density at radius 1 is 1.64 bits per heavy atom. The molecule has 4 heteroatoms. The Bertz CT molecular complexity index is 450. The van der Waals surface area contributed by atoms with E-state index in [1.807, 2.05) is 24.3 Å². The summed E-state index contributed by atoms with van der Waals surface area (Å²) in [7, 11) is 0. The van der Waals surface area contributed by atoms with Crippen LogP contribution in [0, 0.1) is 0 Å². The average molecular weight is 189 g/mol. The zero-order valence-corrected chi connectivity index (χ0v) is 7.68. The molecule has 1 aliphatic carbocycles. The molecule has 1 aromatic heterocycles. The molecule has 0 aromatic carbocycles. The van der Waals surface area contributed by atoms with Gasteiger partial charge in [-0.25, -0.2) is 9.89 Å². The molecule has 1 unspecified atom stereocenters. The smallest absolute Gasteiger partial charge is 0.268 e. The van der Waals surface area contributed by atoms with Crippen LogP contribution in [0.2, 0.25) is 0 Å². The molecular formula is C10H11N3O. The second-order valence-electron chi connectivity index (χ2n) is 3.08. The molecule has 1 heterocycles. The van der Waals surface area contributed by atoms with Gasteiger partial charge in [-0.15, -0.1) is 0 Å². The molecule has 0 radical (unpaired) electrons. The van der Waals surface area contributed by atoms with Gasteiger partial charge in [0.05, 0.1) is 6.04 Å². The molecule has 0 amide bonds. The van der Waals surface area contributed by atoms with E-state index in [0.29, 0.717) is 5.82 Å². The van der Waals surface area contributed by atoms with Crippen molar-refractivity contribution in [1.29, 1.82) is 0 Å². The lowest BCUT2D eigenvalue weighted by Crippen LogP contribution is -2.22. The second-order valence-corrected chi connectivity index (χ2v) is 3.08. The molecule has 1 atom stereocenters. The predicted molar refractivity (Wildman–Crippen MR) is 54.9 cm³/mol. The van der Waals surface area contributed by atoms with E-state index in [-0.39, 0.29) is 11.7 Å². The molecule has 0 saturated carbocycles. The monoisotopic (exact) mass is 189 g/mol. The van der Waals surface area contributed by atoms with Crippen molar-refractivity contribution in [2.75, 3.05) is 0 Å². The third-order valence-electron chi connectivity index (χ3n) is 2.20. The van der Waals surface area contributed by atoms with Gasteiger partial charge in [0.15, 0.2) is 5.82 Å². The Morgan fingerprint density at radius 2 is 2.50 bits per heavy atom. The fraction of sp³-hybridized carbons (Fsp3) is 0.200. The minimum absolute atomic E-state index is 0.0549. The molecule has 4 nitrogen and oxygen atoms in total. The zero-order chi connectivity index (χ0) is 9.97. The van der Waals surface area contributed by atoms with Crippen molar-refractivity contribution >= 4 is 6.08 Å². The van der Waals surface area contributed by atoms with Gasteiger partial charge in [-0.1, -0.05) is 30.9 Å². The Labute approximate surface area is 81.3 Å². The lowest BCUT2D eigenvalue weighted by atomic mass is 10.1. The van der Waals surface area contributed by atoms with Crippen LogP contribution in [0.1, 0.15) is 18.3 Å². The summed E-state index contributed by atoms with van der Waals surface area (Å²) in [6.07, 6.45) is 10.3. The van der Waals surface area contributed by atoms with E-state index < -0.39 is 0 Å². The normalized spacial score (nSPS) is 19.9. The Hall–Kier alpha value is -1.84. The van der Waals surface area contributed by atoms with E-state index in [4.69, 9.17) is 0 Å². The van der Waals surface area contributed by atoms with Crippen molar-refractivity contribution < 1.29 is 0 Å². The zero-order valence-electron chi connectivity index (χ0n) is 7.68. The molecule has 0 spiro atoms. The number of nitrogens with one attached hydrogen (secondary N) is 1.